The van der Waals surface area contributed by atoms with E-state index in [1.54, 1.807) is 36.4 Å². The van der Waals surface area contributed by atoms with Crippen LogP contribution >= 0.6 is 0 Å². The van der Waals surface area contributed by atoms with E-state index in [2.05, 4.69) is 4.90 Å². The molecule has 7 rings (SSSR count). The minimum absolute atomic E-state index is 0.0196. The molecule has 48 heavy (non-hydrogen) atoms. The minimum Gasteiger partial charge on any atom is -0.508 e. The van der Waals surface area contributed by atoms with Crippen molar-refractivity contribution in [2.24, 2.45) is 11.3 Å². The lowest BCUT2D eigenvalue weighted by Crippen LogP contribution is -2.65. The maximum Gasteiger partial charge on any atom is 0.308 e. The molecule has 2 bridgehead atoms. The number of hydrogen-bond donors (Lipinski definition) is 3. The fourth-order valence-electron chi connectivity index (χ4n) is 8.11. The molecule has 3 aliphatic carbocycles. The van der Waals surface area contributed by atoms with E-state index in [0.717, 1.165) is 22.3 Å². The van der Waals surface area contributed by atoms with Crippen LogP contribution in [0.2, 0.25) is 0 Å². The zero-order valence-corrected chi connectivity index (χ0v) is 27.8. The SMILES string of the molecule is C/C=C(/C(=C/C)c1ccc(OC(C)=O)cc1)c1ccc(O)cc1.CC(=O)C1(O)CC=C2C(=O)[C@@H]3[C@@H]4C=C[C@H](O)[C@@H]5OC1=C2[C@]45CCN3C. The summed E-state index contributed by atoms with van der Waals surface area (Å²) < 4.78 is 11.2. The summed E-state index contributed by atoms with van der Waals surface area (Å²) in [7, 11) is 1.95. The Labute approximate surface area is 280 Å². The number of likely N-dealkylation sites (tertiary alicyclic amines) is 1. The highest BCUT2D eigenvalue weighted by molar-refractivity contribution is 6.08. The Morgan fingerprint density at radius 3 is 2.15 bits per heavy atom. The number of aliphatic hydroxyl groups is 2. The van der Waals surface area contributed by atoms with E-state index in [1.165, 1.54) is 13.8 Å². The fraction of sp³-hybridized carbons (Fsp3) is 0.359. The van der Waals surface area contributed by atoms with E-state index < -0.39 is 29.0 Å². The number of piperidine rings is 1. The number of benzene rings is 2. The van der Waals surface area contributed by atoms with Crippen molar-refractivity contribution >= 4 is 28.7 Å². The van der Waals surface area contributed by atoms with Crippen LogP contribution in [0.3, 0.4) is 0 Å². The molecule has 1 saturated heterocycles. The van der Waals surface area contributed by atoms with Crippen molar-refractivity contribution in [3.8, 4) is 11.5 Å². The van der Waals surface area contributed by atoms with Gasteiger partial charge in [-0.05, 0) is 87.3 Å². The standard InChI is InChI=1S/C20H20O3.C19H21NO5/c1-4-19(15-6-10-17(22)11-7-15)20(5-2)16-8-12-18(13-9-16)23-14(3)21;1-9(21)19(24)6-5-10-13-17(19)25-16-12(22)4-3-11-14(15(10)23)20(2)8-7-18(11,13)16/h4-13,22H,1-3H3;3-5,11-12,14,16,22,24H,6-8H2,1-2H3/b19-4+,20-5+;/t;11-,12-,14-,16-,18-,19?/m.0/s1. The first-order valence-electron chi connectivity index (χ1n) is 16.2. The van der Waals surface area contributed by atoms with Gasteiger partial charge in [-0.25, -0.2) is 0 Å². The van der Waals surface area contributed by atoms with Crippen molar-refractivity contribution in [2.45, 2.75) is 64.4 Å². The Hall–Kier alpha value is -4.57. The highest BCUT2D eigenvalue weighted by Crippen LogP contribution is 2.65. The second kappa shape index (κ2) is 12.5. The van der Waals surface area contributed by atoms with Gasteiger partial charge in [-0.15, -0.1) is 0 Å². The van der Waals surface area contributed by atoms with E-state index in [0.29, 0.717) is 29.9 Å². The van der Waals surface area contributed by atoms with Gasteiger partial charge in [0.2, 0.25) is 0 Å². The highest BCUT2D eigenvalue weighted by atomic mass is 16.5. The summed E-state index contributed by atoms with van der Waals surface area (Å²) in [5.41, 5.74) is 3.16. The van der Waals surface area contributed by atoms with E-state index >= 15 is 0 Å². The van der Waals surface area contributed by atoms with Crippen LogP contribution in [0, 0.1) is 11.3 Å². The quantitative estimate of drug-likeness (QED) is 0.178. The molecule has 3 N–H and O–H groups in total. The summed E-state index contributed by atoms with van der Waals surface area (Å²) in [6.45, 7) is 7.39. The summed E-state index contributed by atoms with van der Waals surface area (Å²) in [5.74, 6) is 0.147. The predicted molar refractivity (Wildman–Crippen MR) is 181 cm³/mol. The van der Waals surface area contributed by atoms with Crippen molar-refractivity contribution in [2.75, 3.05) is 13.6 Å². The van der Waals surface area contributed by atoms with E-state index in [-0.39, 0.29) is 41.6 Å². The molecule has 6 atom stereocenters. The second-order valence-electron chi connectivity index (χ2n) is 13.0. The molecule has 5 aliphatic rings. The molecule has 2 heterocycles. The smallest absolute Gasteiger partial charge is 0.308 e. The van der Waals surface area contributed by atoms with Crippen molar-refractivity contribution in [3.63, 3.8) is 0 Å². The number of aliphatic hydroxyl groups excluding tert-OH is 1. The third-order valence-corrected chi connectivity index (χ3v) is 10.4. The van der Waals surface area contributed by atoms with E-state index in [4.69, 9.17) is 9.47 Å². The molecule has 2 aromatic carbocycles. The van der Waals surface area contributed by atoms with Crippen molar-refractivity contribution in [1.29, 1.82) is 0 Å². The normalized spacial score (nSPS) is 30.5. The topological polar surface area (TPSA) is 134 Å². The fourth-order valence-corrected chi connectivity index (χ4v) is 8.11. The molecule has 9 heteroatoms. The van der Waals surface area contributed by atoms with Crippen LogP contribution in [0.4, 0.5) is 0 Å². The van der Waals surface area contributed by atoms with Crippen LogP contribution in [-0.4, -0.2) is 75.2 Å². The van der Waals surface area contributed by atoms with Crippen molar-refractivity contribution in [3.05, 3.63) is 107 Å². The van der Waals surface area contributed by atoms with Crippen LogP contribution in [0.5, 0.6) is 11.5 Å². The van der Waals surface area contributed by atoms with E-state index in [9.17, 15) is 29.7 Å². The van der Waals surface area contributed by atoms with Gasteiger partial charge in [0.05, 0.1) is 6.04 Å². The van der Waals surface area contributed by atoms with Crippen molar-refractivity contribution < 1.29 is 39.2 Å². The van der Waals surface area contributed by atoms with Gasteiger partial charge >= 0.3 is 5.97 Å². The van der Waals surface area contributed by atoms with Gasteiger partial charge in [0.15, 0.2) is 17.2 Å². The number of likely N-dealkylation sites (N-methyl/N-ethyl adjacent to an activating group) is 1. The molecule has 250 valence electrons. The van der Waals surface area contributed by atoms with Gasteiger partial charge in [-0.2, -0.15) is 0 Å². The lowest BCUT2D eigenvalue weighted by atomic mass is 9.50. The molecule has 2 fully saturated rings. The average Bonchev–Trinajstić information content (AvgIpc) is 3.42. The Balaban J connectivity index is 0.000000168. The lowest BCUT2D eigenvalue weighted by molar-refractivity contribution is -0.141. The predicted octanol–water partition coefficient (Wildman–Crippen LogP) is 4.93. The maximum atomic E-state index is 13.2. The monoisotopic (exact) mass is 651 g/mol. The second-order valence-corrected chi connectivity index (χ2v) is 13.0. The highest BCUT2D eigenvalue weighted by Gasteiger charge is 2.69. The first kappa shape index (κ1) is 33.3. The zero-order chi connectivity index (χ0) is 34.5. The van der Waals surface area contributed by atoms with Crippen molar-refractivity contribution in [1.82, 2.24) is 4.90 Å². The summed E-state index contributed by atoms with van der Waals surface area (Å²) >= 11 is 0. The Kier molecular flexibility index (Phi) is 8.66. The number of aromatic hydroxyl groups is 1. The van der Waals surface area contributed by atoms with Gasteiger partial charge in [0.25, 0.3) is 0 Å². The molecule has 1 saturated carbocycles. The van der Waals surface area contributed by atoms with Crippen LogP contribution in [0.1, 0.15) is 51.7 Å². The molecule has 9 nitrogen and oxygen atoms in total. The molecule has 0 radical (unpaired) electrons. The molecule has 0 amide bonds. The van der Waals surface area contributed by atoms with Gasteiger partial charge in [-0.1, -0.05) is 54.6 Å². The molecule has 2 aromatic rings. The number of Topliss-reactive ketones (excluding diaryl/α,β-unsaturated/α-hetero) is 2. The summed E-state index contributed by atoms with van der Waals surface area (Å²) in [4.78, 5) is 38.5. The largest absolute Gasteiger partial charge is 0.508 e. The number of phenols is 1. The van der Waals surface area contributed by atoms with Gasteiger partial charge in [-0.3, -0.25) is 19.3 Å². The summed E-state index contributed by atoms with van der Waals surface area (Å²) in [5, 5.41) is 31.0. The Bertz CT molecular complexity index is 1810. The minimum atomic E-state index is -1.74. The lowest BCUT2D eigenvalue weighted by Gasteiger charge is -2.57. The first-order chi connectivity index (χ1) is 22.9. The number of ether oxygens (including phenoxy) is 2. The van der Waals surface area contributed by atoms with Crippen LogP contribution in [0.15, 0.2) is 95.8 Å². The molecule has 1 unspecified atom stereocenters. The number of carbonyl (C=O) groups is 3. The van der Waals surface area contributed by atoms with Crippen LogP contribution < -0.4 is 4.74 Å². The Morgan fingerprint density at radius 1 is 0.979 bits per heavy atom. The molecular formula is C39H41NO8. The Morgan fingerprint density at radius 2 is 1.58 bits per heavy atom. The van der Waals surface area contributed by atoms with Gasteiger partial charge in [0, 0.05) is 35.8 Å². The number of allylic oxidation sites excluding steroid dienone is 4. The molecule has 0 aromatic heterocycles. The number of phenolic OH excluding ortho intramolecular Hbond substituents is 1. The maximum absolute atomic E-state index is 13.2. The van der Waals surface area contributed by atoms with Crippen LogP contribution in [-0.2, 0) is 19.1 Å². The number of nitrogens with zero attached hydrogens (tertiary/aromatic N) is 1. The number of carbonyl (C=O) groups excluding carboxylic acids is 3. The van der Waals surface area contributed by atoms with E-state index in [1.807, 2.05) is 63.4 Å². The third-order valence-electron chi connectivity index (χ3n) is 10.4. The number of hydrogen-bond acceptors (Lipinski definition) is 9. The van der Waals surface area contributed by atoms with Gasteiger partial charge < -0.3 is 24.8 Å². The first-order valence-corrected chi connectivity index (χ1v) is 16.2. The number of esters is 1. The van der Waals surface area contributed by atoms with Gasteiger partial charge in [0.1, 0.15) is 29.5 Å². The average molecular weight is 652 g/mol. The summed E-state index contributed by atoms with van der Waals surface area (Å²) in [6, 6.07) is 14.3. The van der Waals surface area contributed by atoms with Crippen LogP contribution in [0.25, 0.3) is 11.1 Å². The third kappa shape index (κ3) is 5.17. The molecule has 1 spiro atoms. The number of ketones is 2. The zero-order valence-electron chi connectivity index (χ0n) is 27.8. The number of rotatable bonds is 5. The molecular weight excluding hydrogens is 610 g/mol. The molecule has 2 aliphatic heterocycles. The summed E-state index contributed by atoms with van der Waals surface area (Å²) in [6.07, 6.45) is 8.77.